The van der Waals surface area contributed by atoms with Gasteiger partial charge in [0.1, 0.15) is 23.9 Å². The first-order valence-electron chi connectivity index (χ1n) is 14.9. The second-order valence-electron chi connectivity index (χ2n) is 11.5. The van der Waals surface area contributed by atoms with Crippen LogP contribution in [0.5, 0.6) is 5.75 Å². The number of rotatable bonds is 7. The fourth-order valence-corrected chi connectivity index (χ4v) is 6.32. The summed E-state index contributed by atoms with van der Waals surface area (Å²) in [4.78, 5) is 21.5. The van der Waals surface area contributed by atoms with E-state index in [1.165, 1.54) is 6.21 Å². The van der Waals surface area contributed by atoms with E-state index < -0.39 is 0 Å². The third-order valence-corrected chi connectivity index (χ3v) is 8.19. The molecule has 2 saturated heterocycles. The van der Waals surface area contributed by atoms with Crippen molar-refractivity contribution in [2.45, 2.75) is 71.0 Å². The molecule has 0 radical (unpaired) electrons. The van der Waals surface area contributed by atoms with Crippen LogP contribution in [-0.2, 0) is 11.3 Å². The van der Waals surface area contributed by atoms with Gasteiger partial charge >= 0.3 is 0 Å². The maximum absolute atomic E-state index is 8.43. The summed E-state index contributed by atoms with van der Waals surface area (Å²) < 4.78 is 13.9. The van der Waals surface area contributed by atoms with E-state index >= 15 is 0 Å². The van der Waals surface area contributed by atoms with E-state index in [2.05, 4.69) is 37.7 Å². The monoisotopic (exact) mass is 560 g/mol. The zero-order valence-corrected chi connectivity index (χ0v) is 24.8. The SMILES string of the molecule is CN=C(C1CCCN(C2CCOCC2)C1)C(C=N)c1ccc2c(c1)OCCn1cc(C(N=C(C)N)=NC(C)C)nc1-2. The number of aromatic nitrogens is 2. The topological polar surface area (TPSA) is 126 Å². The van der Waals surface area contributed by atoms with Gasteiger partial charge in [0.25, 0.3) is 0 Å². The molecule has 41 heavy (non-hydrogen) atoms. The summed E-state index contributed by atoms with van der Waals surface area (Å²) in [5, 5.41) is 8.43. The van der Waals surface area contributed by atoms with Crippen molar-refractivity contribution in [2.75, 3.05) is 40.0 Å². The number of aliphatic imine (C=N–C) groups is 3. The van der Waals surface area contributed by atoms with Gasteiger partial charge < -0.3 is 25.2 Å². The molecular weight excluding hydrogens is 516 g/mol. The number of fused-ring (bicyclic) bond motifs is 3. The summed E-state index contributed by atoms with van der Waals surface area (Å²) in [5.74, 6) is 2.70. The number of nitrogens with zero attached hydrogens (tertiary/aromatic N) is 6. The number of piperidine rings is 1. The second kappa shape index (κ2) is 13.1. The summed E-state index contributed by atoms with van der Waals surface area (Å²) in [5.41, 5.74) is 9.61. The molecule has 10 heteroatoms. The average Bonchev–Trinajstić information content (AvgIpc) is 3.32. The molecule has 0 saturated carbocycles. The minimum Gasteiger partial charge on any atom is -0.491 e. The maximum Gasteiger partial charge on any atom is 0.177 e. The van der Waals surface area contributed by atoms with Gasteiger partial charge in [-0.3, -0.25) is 14.9 Å². The van der Waals surface area contributed by atoms with E-state index in [0.29, 0.717) is 42.5 Å². The molecule has 0 aliphatic carbocycles. The highest BCUT2D eigenvalue weighted by molar-refractivity contribution is 6.05. The standard InChI is InChI=1S/C31H44N8O2/c1-20(2)35-30(36-21(3)33)27-19-39-12-15-41-28-16-22(7-8-25(28)31(39)37-27)26(17-32)29(34-4)23-6-5-11-38(18-23)24-9-13-40-14-10-24/h7-8,16-17,19-20,23-24,26,32H,5-6,9-15,18H2,1-4H3,(H2,33,35,36). The van der Waals surface area contributed by atoms with Crippen LogP contribution in [0.15, 0.2) is 39.4 Å². The van der Waals surface area contributed by atoms with Crippen molar-refractivity contribution in [1.29, 1.82) is 5.41 Å². The van der Waals surface area contributed by atoms with Crippen LogP contribution in [0.4, 0.5) is 0 Å². The van der Waals surface area contributed by atoms with E-state index in [9.17, 15) is 0 Å². The van der Waals surface area contributed by atoms with Crippen molar-refractivity contribution < 1.29 is 9.47 Å². The minimum atomic E-state index is -0.196. The molecule has 1 aromatic carbocycles. The Bertz CT molecular complexity index is 1320. The molecule has 1 aromatic heterocycles. The molecule has 0 spiro atoms. The summed E-state index contributed by atoms with van der Waals surface area (Å²) in [7, 11) is 1.87. The predicted octanol–water partition coefficient (Wildman–Crippen LogP) is 4.17. The molecule has 2 aromatic rings. The molecule has 2 fully saturated rings. The van der Waals surface area contributed by atoms with Crippen LogP contribution in [0.25, 0.3) is 11.4 Å². The second-order valence-corrected chi connectivity index (χ2v) is 11.5. The Hall–Kier alpha value is -3.37. The van der Waals surface area contributed by atoms with E-state index in [4.69, 9.17) is 30.6 Å². The Morgan fingerprint density at radius 3 is 2.68 bits per heavy atom. The number of likely N-dealkylation sites (tertiary alicyclic amines) is 1. The van der Waals surface area contributed by atoms with Crippen LogP contribution >= 0.6 is 0 Å². The van der Waals surface area contributed by atoms with Gasteiger partial charge in [0.15, 0.2) is 5.84 Å². The van der Waals surface area contributed by atoms with Gasteiger partial charge in [-0.1, -0.05) is 6.07 Å². The highest BCUT2D eigenvalue weighted by Crippen LogP contribution is 2.36. The van der Waals surface area contributed by atoms with Gasteiger partial charge in [0, 0.05) is 62.9 Å². The summed E-state index contributed by atoms with van der Waals surface area (Å²) in [6.45, 7) is 10.8. The van der Waals surface area contributed by atoms with Crippen molar-refractivity contribution in [3.8, 4) is 17.1 Å². The molecule has 3 aliphatic heterocycles. The highest BCUT2D eigenvalue weighted by atomic mass is 16.5. The Morgan fingerprint density at radius 1 is 1.17 bits per heavy atom. The van der Waals surface area contributed by atoms with Gasteiger partial charge in [-0.15, -0.1) is 0 Å². The van der Waals surface area contributed by atoms with Crippen LogP contribution in [0.2, 0.25) is 0 Å². The number of amidine groups is 2. The van der Waals surface area contributed by atoms with E-state index in [0.717, 1.165) is 80.4 Å². The van der Waals surface area contributed by atoms with Gasteiger partial charge in [-0.05, 0) is 70.7 Å². The fourth-order valence-electron chi connectivity index (χ4n) is 6.32. The van der Waals surface area contributed by atoms with Crippen LogP contribution in [0.3, 0.4) is 0 Å². The van der Waals surface area contributed by atoms with Crippen molar-refractivity contribution in [3.63, 3.8) is 0 Å². The quantitative estimate of drug-likeness (QED) is 0.388. The lowest BCUT2D eigenvalue weighted by Gasteiger charge is -2.41. The molecule has 3 N–H and O–H groups in total. The number of hydrogen-bond acceptors (Lipinski definition) is 7. The number of ether oxygens (including phenoxy) is 2. The van der Waals surface area contributed by atoms with Crippen molar-refractivity contribution in [1.82, 2.24) is 14.5 Å². The molecule has 4 heterocycles. The lowest BCUT2D eigenvalue weighted by atomic mass is 9.82. The first kappa shape index (κ1) is 29.1. The summed E-state index contributed by atoms with van der Waals surface area (Å²) in [6, 6.07) is 6.88. The normalized spacial score (nSPS) is 22.1. The van der Waals surface area contributed by atoms with Gasteiger partial charge in [0.2, 0.25) is 0 Å². The number of hydrogen-bond donors (Lipinski definition) is 2. The molecule has 0 amide bonds. The largest absolute Gasteiger partial charge is 0.491 e. The number of benzene rings is 1. The van der Waals surface area contributed by atoms with E-state index in [1.807, 2.05) is 27.1 Å². The van der Waals surface area contributed by atoms with Gasteiger partial charge in [-0.2, -0.15) is 0 Å². The van der Waals surface area contributed by atoms with Crippen LogP contribution in [0.1, 0.15) is 63.6 Å². The number of nitrogens with one attached hydrogen (secondary N) is 1. The Kier molecular flexibility index (Phi) is 9.29. The predicted molar refractivity (Wildman–Crippen MR) is 165 cm³/mol. The number of imidazole rings is 1. The van der Waals surface area contributed by atoms with Crippen LogP contribution < -0.4 is 10.5 Å². The van der Waals surface area contributed by atoms with Crippen LogP contribution in [-0.4, -0.2) is 90.1 Å². The molecule has 5 rings (SSSR count). The first-order valence-corrected chi connectivity index (χ1v) is 14.9. The lowest BCUT2D eigenvalue weighted by molar-refractivity contribution is 0.0230. The zero-order chi connectivity index (χ0) is 28.9. The first-order chi connectivity index (χ1) is 19.9. The lowest BCUT2D eigenvalue weighted by Crippen LogP contribution is -2.47. The van der Waals surface area contributed by atoms with Gasteiger partial charge in [-0.25, -0.2) is 9.98 Å². The highest BCUT2D eigenvalue weighted by Gasteiger charge is 2.33. The zero-order valence-electron chi connectivity index (χ0n) is 24.8. The average molecular weight is 561 g/mol. The van der Waals surface area contributed by atoms with Gasteiger partial charge in [0.05, 0.1) is 23.9 Å². The smallest absolute Gasteiger partial charge is 0.177 e. The number of nitrogens with two attached hydrogens (primary N) is 1. The summed E-state index contributed by atoms with van der Waals surface area (Å²) in [6.07, 6.45) is 7.97. The molecule has 2 unspecified atom stereocenters. The Balaban J connectivity index is 1.42. The Morgan fingerprint density at radius 2 is 1.98 bits per heavy atom. The summed E-state index contributed by atoms with van der Waals surface area (Å²) >= 11 is 0. The third-order valence-electron chi connectivity index (χ3n) is 8.19. The minimum absolute atomic E-state index is 0.0631. The van der Waals surface area contributed by atoms with Crippen molar-refractivity contribution in [2.24, 2.45) is 26.6 Å². The van der Waals surface area contributed by atoms with Crippen molar-refractivity contribution in [3.05, 3.63) is 35.7 Å². The molecule has 220 valence electrons. The van der Waals surface area contributed by atoms with Crippen molar-refractivity contribution >= 4 is 23.6 Å². The maximum atomic E-state index is 8.43. The molecule has 0 bridgehead atoms. The molecule has 10 nitrogen and oxygen atoms in total. The van der Waals surface area contributed by atoms with E-state index in [1.54, 1.807) is 6.92 Å². The molecular formula is C31H44N8O2. The molecule has 2 atom stereocenters. The molecule has 3 aliphatic rings. The van der Waals surface area contributed by atoms with Crippen LogP contribution in [0, 0.1) is 11.3 Å². The third kappa shape index (κ3) is 6.59. The fraction of sp³-hybridized carbons (Fsp3) is 0.581. The Labute approximate surface area is 243 Å². The van der Waals surface area contributed by atoms with E-state index in [-0.39, 0.29) is 12.0 Å².